The highest BCUT2D eigenvalue weighted by atomic mass is 28.3. The van der Waals surface area contributed by atoms with Crippen molar-refractivity contribution >= 4 is 25.8 Å². The number of carbonyl (C=O) groups excluding carboxylic acids is 3. The van der Waals surface area contributed by atoms with Crippen molar-refractivity contribution in [2.45, 2.75) is 202 Å². The van der Waals surface area contributed by atoms with Crippen LogP contribution in [0.15, 0.2) is 11.3 Å². The number of fused-ring (bicyclic) bond motifs is 1. The summed E-state index contributed by atoms with van der Waals surface area (Å²) in [7, 11) is -0.260. The van der Waals surface area contributed by atoms with Crippen LogP contribution in [0.1, 0.15) is 142 Å². The Morgan fingerprint density at radius 1 is 0.911 bits per heavy atom. The zero-order valence-electron chi connectivity index (χ0n) is 35.2. The number of likely N-dealkylation sites (tertiary alicyclic amines) is 2. The Morgan fingerprint density at radius 2 is 1.66 bits per heavy atom. The van der Waals surface area contributed by atoms with Gasteiger partial charge in [-0.1, -0.05) is 65.0 Å². The number of aliphatic hydroxyl groups is 1. The third-order valence-electron chi connectivity index (χ3n) is 18.0. The van der Waals surface area contributed by atoms with Gasteiger partial charge in [-0.05, 0) is 118 Å². The van der Waals surface area contributed by atoms with Crippen molar-refractivity contribution in [2.24, 2.45) is 29.6 Å². The van der Waals surface area contributed by atoms with Crippen molar-refractivity contribution in [1.82, 2.24) is 14.7 Å². The van der Waals surface area contributed by atoms with Crippen molar-refractivity contribution in [3.63, 3.8) is 0 Å². The molecule has 3 saturated heterocycles. The van der Waals surface area contributed by atoms with Crippen LogP contribution in [-0.2, 0) is 23.9 Å². The van der Waals surface area contributed by atoms with Crippen molar-refractivity contribution in [1.29, 1.82) is 0 Å². The van der Waals surface area contributed by atoms with Crippen molar-refractivity contribution in [3.05, 3.63) is 11.3 Å². The van der Waals surface area contributed by atoms with E-state index >= 15 is 4.79 Å². The fourth-order valence-electron chi connectivity index (χ4n) is 15.4. The second-order valence-electron chi connectivity index (χ2n) is 20.9. The molecule has 0 aromatic carbocycles. The number of rotatable bonds is 9. The summed E-state index contributed by atoms with van der Waals surface area (Å²) in [5.74, 6) is 2.65. The van der Waals surface area contributed by atoms with Gasteiger partial charge in [0.05, 0.1) is 39.4 Å². The van der Waals surface area contributed by atoms with Gasteiger partial charge >= 0.3 is 0 Å². The topological polar surface area (TPSA) is 99.6 Å². The highest BCUT2D eigenvalue weighted by Gasteiger charge is 2.68. The molecule has 0 aromatic rings. The first-order valence-corrected chi connectivity index (χ1v) is 26.7. The molecule has 0 aromatic heterocycles. The smallest absolute Gasteiger partial charge is 0.263 e. The number of ether oxygens (including phenoxy) is 2. The second kappa shape index (κ2) is 15.7. The summed E-state index contributed by atoms with van der Waals surface area (Å²) in [6.45, 7) is 8.83. The van der Waals surface area contributed by atoms with Gasteiger partial charge in [-0.25, -0.2) is 0 Å². The molecule has 312 valence electrons. The van der Waals surface area contributed by atoms with Crippen LogP contribution in [0.5, 0.6) is 0 Å². The average Bonchev–Trinajstić information content (AvgIpc) is 3.95. The van der Waals surface area contributed by atoms with E-state index in [1.54, 1.807) is 0 Å². The number of hydrogen-bond acceptors (Lipinski definition) is 6. The molecule has 10 heteroatoms. The van der Waals surface area contributed by atoms with E-state index in [2.05, 4.69) is 29.8 Å². The number of methoxy groups -OCH3 is 1. The molecule has 56 heavy (non-hydrogen) atoms. The van der Waals surface area contributed by atoms with Crippen LogP contribution in [0.25, 0.3) is 0 Å². The maximum atomic E-state index is 15.6. The van der Waals surface area contributed by atoms with E-state index in [0.717, 1.165) is 109 Å². The molecule has 5 aliphatic carbocycles. The molecule has 4 saturated carbocycles. The SMILES string of the molecule is COC1CCC([Si](C)(C)[C@@H]2[C@@H](CC(=O)N3CCC[C@H]3CO)O[C@]3(C(=O)N(CC4CCCC(N5C(=O)C6CCCC7CCCC5C76)C4)C4=C3CCCC4)[C@H]2C)CC1. The number of allylic oxidation sites excluding steroid dienone is 1. The van der Waals surface area contributed by atoms with Gasteiger partial charge in [-0.15, -0.1) is 0 Å². The fourth-order valence-corrected chi connectivity index (χ4v) is 20.5. The average molecular weight is 792 g/mol. The number of amides is 3. The molecule has 1 N–H and O–H groups in total. The van der Waals surface area contributed by atoms with Gasteiger partial charge in [0.25, 0.3) is 5.91 Å². The first-order valence-electron chi connectivity index (χ1n) is 23.6. The van der Waals surface area contributed by atoms with E-state index in [1.807, 2.05) is 12.0 Å². The summed E-state index contributed by atoms with van der Waals surface area (Å²) in [5.41, 5.74) is 2.25. The first kappa shape index (κ1) is 39.7. The maximum Gasteiger partial charge on any atom is 0.263 e. The lowest BCUT2D eigenvalue weighted by atomic mass is 9.65. The Bertz CT molecular complexity index is 1540. The highest BCUT2D eigenvalue weighted by molar-refractivity contribution is 6.80. The third kappa shape index (κ3) is 6.42. The van der Waals surface area contributed by atoms with Gasteiger partial charge in [0, 0.05) is 49.8 Å². The minimum atomic E-state index is -2.10. The van der Waals surface area contributed by atoms with E-state index < -0.39 is 13.7 Å². The standard InChI is InChI=1S/C46H73N3O6Si/c1-29-43(56(3,4)35-22-20-34(54-2)21-23-35)40(26-41(51)47-24-10-15-33(47)28-50)55-46(29)37-17-5-6-18-38(37)48(45(46)53)27-30-11-7-14-32(25-30)49-39-19-9-13-31-12-8-16-36(42(31)39)44(49)52/h29-36,39-40,42-43,50H,5-28H2,1-4H3/t29-,30?,31?,32?,33-,34?,35?,36?,39?,40+,42?,43-,46+/m0/s1. The van der Waals surface area contributed by atoms with Crippen LogP contribution in [0.4, 0.5) is 0 Å². The molecule has 9 aliphatic rings. The van der Waals surface area contributed by atoms with Gasteiger partial charge in [-0.2, -0.15) is 0 Å². The lowest BCUT2D eigenvalue weighted by molar-refractivity contribution is -0.152. The quantitative estimate of drug-likeness (QED) is 0.239. The molecule has 11 atom stereocenters. The Balaban J connectivity index is 0.988. The third-order valence-corrected chi connectivity index (χ3v) is 23.3. The molecular weight excluding hydrogens is 719 g/mol. The number of carbonyl (C=O) groups is 3. The Morgan fingerprint density at radius 3 is 2.43 bits per heavy atom. The molecule has 4 heterocycles. The van der Waals surface area contributed by atoms with Crippen LogP contribution in [-0.4, -0.2) is 108 Å². The highest BCUT2D eigenvalue weighted by Crippen LogP contribution is 2.62. The predicted molar refractivity (Wildman–Crippen MR) is 219 cm³/mol. The van der Waals surface area contributed by atoms with Crippen molar-refractivity contribution < 1.29 is 29.0 Å². The zero-order chi connectivity index (χ0) is 38.9. The van der Waals surface area contributed by atoms with Crippen LogP contribution >= 0.6 is 0 Å². The summed E-state index contributed by atoms with van der Waals surface area (Å²) in [6.07, 6.45) is 22.3. The van der Waals surface area contributed by atoms with E-state index in [1.165, 1.54) is 43.4 Å². The van der Waals surface area contributed by atoms with E-state index in [9.17, 15) is 14.7 Å². The number of aliphatic hydroxyl groups excluding tert-OH is 1. The van der Waals surface area contributed by atoms with Crippen LogP contribution < -0.4 is 0 Å². The summed E-state index contributed by atoms with van der Waals surface area (Å²) in [6, 6.07) is 0.629. The van der Waals surface area contributed by atoms with Crippen molar-refractivity contribution in [3.8, 4) is 0 Å². The molecule has 0 bridgehead atoms. The molecule has 1 spiro atoms. The van der Waals surface area contributed by atoms with Crippen LogP contribution in [0, 0.1) is 29.6 Å². The molecule has 7 fully saturated rings. The summed E-state index contributed by atoms with van der Waals surface area (Å²) in [5, 5.41) is 10.2. The molecular formula is C46H73N3O6Si. The largest absolute Gasteiger partial charge is 0.394 e. The fraction of sp³-hybridized carbons (Fsp3) is 0.891. The van der Waals surface area contributed by atoms with Crippen LogP contribution in [0.3, 0.4) is 0 Å². The van der Waals surface area contributed by atoms with Crippen molar-refractivity contribution in [2.75, 3.05) is 26.8 Å². The molecule has 6 unspecified atom stereocenters. The summed E-state index contributed by atoms with van der Waals surface area (Å²) < 4.78 is 13.3. The molecule has 9 nitrogen and oxygen atoms in total. The Labute approximate surface area is 338 Å². The number of hydrogen-bond donors (Lipinski definition) is 1. The zero-order valence-corrected chi connectivity index (χ0v) is 36.2. The Kier molecular flexibility index (Phi) is 11.1. The van der Waals surface area contributed by atoms with Gasteiger partial charge in [0.15, 0.2) is 5.60 Å². The first-order chi connectivity index (χ1) is 27.1. The van der Waals surface area contributed by atoms with Gasteiger partial charge in [0.2, 0.25) is 11.8 Å². The predicted octanol–water partition coefficient (Wildman–Crippen LogP) is 7.83. The van der Waals surface area contributed by atoms with E-state index in [4.69, 9.17) is 9.47 Å². The lowest BCUT2D eigenvalue weighted by Gasteiger charge is -2.45. The molecule has 9 rings (SSSR count). The number of nitrogens with zero attached hydrogens (tertiary/aromatic N) is 3. The Hall–Kier alpha value is -1.75. The van der Waals surface area contributed by atoms with Gasteiger partial charge < -0.3 is 29.3 Å². The molecule has 0 radical (unpaired) electrons. The van der Waals surface area contributed by atoms with Gasteiger partial charge in [0.1, 0.15) is 0 Å². The molecule has 3 amide bonds. The minimum Gasteiger partial charge on any atom is -0.394 e. The summed E-state index contributed by atoms with van der Waals surface area (Å²) >= 11 is 0. The normalized spacial score (nSPS) is 42.9. The minimum absolute atomic E-state index is 0.00106. The van der Waals surface area contributed by atoms with E-state index in [-0.39, 0.29) is 47.9 Å². The maximum absolute atomic E-state index is 15.6. The monoisotopic (exact) mass is 792 g/mol. The van der Waals surface area contributed by atoms with E-state index in [0.29, 0.717) is 54.4 Å². The molecule has 4 aliphatic heterocycles. The second-order valence-corrected chi connectivity index (χ2v) is 26.0. The van der Waals surface area contributed by atoms with Crippen LogP contribution in [0.2, 0.25) is 24.2 Å². The van der Waals surface area contributed by atoms with Gasteiger partial charge in [-0.3, -0.25) is 14.4 Å². The summed E-state index contributed by atoms with van der Waals surface area (Å²) in [4.78, 5) is 50.5. The lowest BCUT2D eigenvalue weighted by Crippen LogP contribution is -2.51.